The second-order valence-corrected chi connectivity index (χ2v) is 8.62. The van der Waals surface area contributed by atoms with Gasteiger partial charge in [-0.3, -0.25) is 19.4 Å². The quantitative estimate of drug-likeness (QED) is 0.735. The normalized spacial score (nSPS) is 22.4. The van der Waals surface area contributed by atoms with Crippen LogP contribution in [0.2, 0.25) is 0 Å². The van der Waals surface area contributed by atoms with Crippen molar-refractivity contribution in [2.75, 3.05) is 19.6 Å². The molecule has 4 rings (SSSR count). The molecule has 0 radical (unpaired) electrons. The molecule has 3 fully saturated rings. The lowest BCUT2D eigenvalue weighted by Gasteiger charge is -2.32. The number of hydrogen-bond donors (Lipinski definition) is 2. The predicted molar refractivity (Wildman–Crippen MR) is 108 cm³/mol. The maximum absolute atomic E-state index is 12.5. The number of amides is 3. The van der Waals surface area contributed by atoms with Crippen LogP contribution in [0.3, 0.4) is 0 Å². The Morgan fingerprint density at radius 3 is 2.55 bits per heavy atom. The first-order valence-electron chi connectivity index (χ1n) is 10.9. The molecule has 1 aliphatic carbocycles. The fourth-order valence-corrected chi connectivity index (χ4v) is 4.22. The SMILES string of the molecule is O=C1CC[C@@H](CCC(=O)N2CCC(c3ccc(C(=O)NCC4CC4)cn3)CC2)N1. The zero-order valence-electron chi connectivity index (χ0n) is 16.9. The number of hydrogen-bond acceptors (Lipinski definition) is 4. The molecule has 7 nitrogen and oxygen atoms in total. The zero-order valence-corrected chi connectivity index (χ0v) is 16.9. The van der Waals surface area contributed by atoms with Crippen molar-refractivity contribution in [3.63, 3.8) is 0 Å². The molecule has 1 aromatic rings. The van der Waals surface area contributed by atoms with E-state index in [0.29, 0.717) is 30.2 Å². The number of pyridine rings is 1. The Hall–Kier alpha value is -2.44. The molecule has 7 heteroatoms. The molecular weight excluding hydrogens is 368 g/mol. The van der Waals surface area contributed by atoms with Crippen LogP contribution in [0.5, 0.6) is 0 Å². The molecular formula is C22H30N4O3. The molecule has 2 saturated heterocycles. The lowest BCUT2D eigenvalue weighted by atomic mass is 9.92. The Bertz CT molecular complexity index is 752. The van der Waals surface area contributed by atoms with E-state index in [0.717, 1.165) is 51.0 Å². The largest absolute Gasteiger partial charge is 0.353 e. The number of carbonyl (C=O) groups excluding carboxylic acids is 3. The highest BCUT2D eigenvalue weighted by atomic mass is 16.2. The number of aromatic nitrogens is 1. The fourth-order valence-electron chi connectivity index (χ4n) is 4.22. The highest BCUT2D eigenvalue weighted by Gasteiger charge is 2.27. The smallest absolute Gasteiger partial charge is 0.252 e. The molecule has 0 unspecified atom stereocenters. The summed E-state index contributed by atoms with van der Waals surface area (Å²) >= 11 is 0. The maximum atomic E-state index is 12.5. The average molecular weight is 399 g/mol. The zero-order chi connectivity index (χ0) is 20.2. The van der Waals surface area contributed by atoms with Gasteiger partial charge in [0.05, 0.1) is 5.56 Å². The van der Waals surface area contributed by atoms with Crippen molar-refractivity contribution in [1.82, 2.24) is 20.5 Å². The Balaban J connectivity index is 1.21. The van der Waals surface area contributed by atoms with Crippen molar-refractivity contribution >= 4 is 17.7 Å². The van der Waals surface area contributed by atoms with Crippen LogP contribution in [-0.2, 0) is 9.59 Å². The first-order chi connectivity index (χ1) is 14.1. The van der Waals surface area contributed by atoms with Gasteiger partial charge in [-0.05, 0) is 56.6 Å². The van der Waals surface area contributed by atoms with E-state index in [1.165, 1.54) is 12.8 Å². The molecule has 29 heavy (non-hydrogen) atoms. The van der Waals surface area contributed by atoms with Gasteiger partial charge in [-0.25, -0.2) is 0 Å². The molecule has 1 aromatic heterocycles. The standard InChI is InChI=1S/C22H30N4O3/c27-20-7-4-18(25-20)5-8-21(28)26-11-9-16(10-12-26)19-6-3-17(14-23-19)22(29)24-13-15-1-2-15/h3,6,14-16,18H,1-2,4-5,7-13H2,(H,24,29)(H,25,27)/t18-/m0/s1. The minimum atomic E-state index is -0.0465. The third-order valence-corrected chi connectivity index (χ3v) is 6.35. The molecule has 2 aliphatic heterocycles. The van der Waals surface area contributed by atoms with E-state index >= 15 is 0 Å². The van der Waals surface area contributed by atoms with E-state index in [9.17, 15) is 14.4 Å². The van der Waals surface area contributed by atoms with Gasteiger partial charge < -0.3 is 15.5 Å². The second-order valence-electron chi connectivity index (χ2n) is 8.62. The molecule has 0 bridgehead atoms. The molecule has 3 heterocycles. The Labute approximate surface area is 171 Å². The highest BCUT2D eigenvalue weighted by Crippen LogP contribution is 2.28. The summed E-state index contributed by atoms with van der Waals surface area (Å²) in [6, 6.07) is 3.97. The van der Waals surface area contributed by atoms with Crippen LogP contribution >= 0.6 is 0 Å². The lowest BCUT2D eigenvalue weighted by Crippen LogP contribution is -2.38. The number of nitrogens with one attached hydrogen (secondary N) is 2. The number of piperidine rings is 1. The Morgan fingerprint density at radius 2 is 1.93 bits per heavy atom. The number of nitrogens with zero attached hydrogens (tertiary/aromatic N) is 2. The highest BCUT2D eigenvalue weighted by molar-refractivity contribution is 5.93. The van der Waals surface area contributed by atoms with Crippen LogP contribution in [0.4, 0.5) is 0 Å². The van der Waals surface area contributed by atoms with Gasteiger partial charge in [0.2, 0.25) is 11.8 Å². The molecule has 0 aromatic carbocycles. The minimum Gasteiger partial charge on any atom is -0.353 e. The van der Waals surface area contributed by atoms with Crippen LogP contribution in [0.25, 0.3) is 0 Å². The maximum Gasteiger partial charge on any atom is 0.252 e. The summed E-state index contributed by atoms with van der Waals surface area (Å²) in [5, 5.41) is 5.89. The van der Waals surface area contributed by atoms with Crippen LogP contribution in [0, 0.1) is 5.92 Å². The van der Waals surface area contributed by atoms with Crippen LogP contribution in [0.1, 0.15) is 73.3 Å². The lowest BCUT2D eigenvalue weighted by molar-refractivity contribution is -0.132. The summed E-state index contributed by atoms with van der Waals surface area (Å²) in [6.07, 6.45) is 8.55. The predicted octanol–water partition coefficient (Wildman–Crippen LogP) is 1.99. The molecule has 3 amide bonds. The molecule has 0 spiro atoms. The molecule has 156 valence electrons. The third-order valence-electron chi connectivity index (χ3n) is 6.35. The van der Waals surface area contributed by atoms with Gasteiger partial charge in [0.1, 0.15) is 0 Å². The van der Waals surface area contributed by atoms with Crippen LogP contribution in [0.15, 0.2) is 18.3 Å². The van der Waals surface area contributed by atoms with Gasteiger partial charge in [0.15, 0.2) is 0 Å². The fraction of sp³-hybridized carbons (Fsp3) is 0.636. The van der Waals surface area contributed by atoms with E-state index < -0.39 is 0 Å². The van der Waals surface area contributed by atoms with Gasteiger partial charge in [0, 0.05) is 56.3 Å². The first kappa shape index (κ1) is 19.9. The van der Waals surface area contributed by atoms with Crippen LogP contribution < -0.4 is 10.6 Å². The van der Waals surface area contributed by atoms with Crippen molar-refractivity contribution in [3.8, 4) is 0 Å². The van der Waals surface area contributed by atoms with Crippen molar-refractivity contribution in [1.29, 1.82) is 0 Å². The third kappa shape index (κ3) is 5.34. The van der Waals surface area contributed by atoms with Crippen molar-refractivity contribution in [3.05, 3.63) is 29.6 Å². The summed E-state index contributed by atoms with van der Waals surface area (Å²) in [6.45, 7) is 2.25. The summed E-state index contributed by atoms with van der Waals surface area (Å²) in [5.74, 6) is 1.23. The van der Waals surface area contributed by atoms with Crippen molar-refractivity contribution < 1.29 is 14.4 Å². The summed E-state index contributed by atoms with van der Waals surface area (Å²) in [5.41, 5.74) is 1.62. The van der Waals surface area contributed by atoms with Crippen molar-refractivity contribution in [2.45, 2.75) is 63.3 Å². The number of carbonyl (C=O) groups is 3. The van der Waals surface area contributed by atoms with Gasteiger partial charge >= 0.3 is 0 Å². The van der Waals surface area contributed by atoms with Gasteiger partial charge in [-0.15, -0.1) is 0 Å². The van der Waals surface area contributed by atoms with E-state index in [-0.39, 0.29) is 23.8 Å². The van der Waals surface area contributed by atoms with Gasteiger partial charge in [-0.1, -0.05) is 0 Å². The van der Waals surface area contributed by atoms with Gasteiger partial charge in [0.25, 0.3) is 5.91 Å². The number of rotatable bonds is 7. The molecule has 3 aliphatic rings. The van der Waals surface area contributed by atoms with Crippen LogP contribution in [-0.4, -0.2) is 53.3 Å². The van der Waals surface area contributed by atoms with Gasteiger partial charge in [-0.2, -0.15) is 0 Å². The van der Waals surface area contributed by atoms with Crippen molar-refractivity contribution in [2.24, 2.45) is 5.92 Å². The van der Waals surface area contributed by atoms with E-state index in [1.54, 1.807) is 6.20 Å². The first-order valence-corrected chi connectivity index (χ1v) is 10.9. The minimum absolute atomic E-state index is 0.0465. The monoisotopic (exact) mass is 398 g/mol. The van der Waals surface area contributed by atoms with E-state index in [1.807, 2.05) is 17.0 Å². The average Bonchev–Trinajstić information content (AvgIpc) is 3.50. The molecule has 1 saturated carbocycles. The van der Waals surface area contributed by atoms with E-state index in [2.05, 4.69) is 15.6 Å². The summed E-state index contributed by atoms with van der Waals surface area (Å²) in [7, 11) is 0. The van der Waals surface area contributed by atoms with E-state index in [4.69, 9.17) is 0 Å². The molecule has 2 N–H and O–H groups in total. The topological polar surface area (TPSA) is 91.4 Å². The Kier molecular flexibility index (Phi) is 6.11. The second kappa shape index (κ2) is 8.93. The number of likely N-dealkylation sites (tertiary alicyclic amines) is 1. The summed E-state index contributed by atoms with van der Waals surface area (Å²) in [4.78, 5) is 42.3. The molecule has 1 atom stereocenters. The Morgan fingerprint density at radius 1 is 1.14 bits per heavy atom. The summed E-state index contributed by atoms with van der Waals surface area (Å²) < 4.78 is 0.